The Hall–Kier alpha value is -5.27. The summed E-state index contributed by atoms with van der Waals surface area (Å²) in [5.41, 5.74) is 3.40. The monoisotopic (exact) mass is 846 g/mol. The van der Waals surface area contributed by atoms with Crippen molar-refractivity contribution in [2.75, 3.05) is 75.7 Å². The third-order valence-electron chi connectivity index (χ3n) is 13.6. The summed E-state index contributed by atoms with van der Waals surface area (Å²) in [6, 6.07) is 16.3. The number of β-amino-alcohol motifs (C(OH)–C–C–N with tert-alkyl or cyclic N) is 1. The molecule has 4 fully saturated rings. The number of fused-ring (bicyclic) bond motifs is 3. The maximum atomic E-state index is 14.1. The van der Waals surface area contributed by atoms with E-state index in [-0.39, 0.29) is 49.5 Å². The molecule has 0 saturated carbocycles. The number of carbonyl (C=O) groups excluding carboxylic acids is 3. The highest BCUT2D eigenvalue weighted by Gasteiger charge is 2.45. The zero-order valence-corrected chi connectivity index (χ0v) is 36.3. The minimum atomic E-state index is -0.865. The van der Waals surface area contributed by atoms with E-state index in [2.05, 4.69) is 57.7 Å². The Morgan fingerprint density at radius 1 is 0.903 bits per heavy atom. The lowest BCUT2D eigenvalue weighted by Crippen LogP contribution is -2.61. The average Bonchev–Trinajstić information content (AvgIpc) is 3.68. The van der Waals surface area contributed by atoms with Gasteiger partial charge in [-0.25, -0.2) is 0 Å². The number of aliphatic hydroxyl groups excluding tert-OH is 1. The van der Waals surface area contributed by atoms with Crippen molar-refractivity contribution < 1.29 is 24.6 Å². The van der Waals surface area contributed by atoms with Gasteiger partial charge >= 0.3 is 0 Å². The summed E-state index contributed by atoms with van der Waals surface area (Å²) in [5, 5.41) is 39.3. The largest absolute Gasteiger partial charge is 0.507 e. The number of piperidine rings is 2. The van der Waals surface area contributed by atoms with E-state index in [0.717, 1.165) is 101 Å². The van der Waals surface area contributed by atoms with Gasteiger partial charge in [0.05, 0.1) is 30.1 Å². The number of anilines is 2. The second-order valence-electron chi connectivity index (χ2n) is 18.8. The number of aromatic hydroxyl groups is 1. The molecule has 0 spiro atoms. The number of hydrogen-bond donors (Lipinski definition) is 5. The molecule has 0 bridgehead atoms. The number of aliphatic hydroxyl groups is 1. The molecule has 5 N–H and O–H groups in total. The van der Waals surface area contributed by atoms with Crippen LogP contribution < -0.4 is 20.9 Å². The van der Waals surface area contributed by atoms with Gasteiger partial charge in [-0.2, -0.15) is 0 Å². The maximum absolute atomic E-state index is 14.1. The molecule has 62 heavy (non-hydrogen) atoms. The van der Waals surface area contributed by atoms with Crippen LogP contribution in [-0.2, 0) is 20.9 Å². The van der Waals surface area contributed by atoms with Crippen LogP contribution >= 0.6 is 0 Å². The summed E-state index contributed by atoms with van der Waals surface area (Å²) in [4.78, 5) is 52.5. The molecule has 1 aromatic heterocycles. The van der Waals surface area contributed by atoms with Gasteiger partial charge in [0, 0.05) is 82.0 Å². The molecule has 3 aromatic rings. The first-order valence-corrected chi connectivity index (χ1v) is 22.3. The molecule has 5 aliphatic rings. The first-order chi connectivity index (χ1) is 29.8. The second kappa shape index (κ2) is 18.6. The number of nitrogens with zero attached hydrogens (tertiary/aromatic N) is 7. The summed E-state index contributed by atoms with van der Waals surface area (Å²) < 4.78 is 0. The molecule has 5 aliphatic heterocycles. The lowest BCUT2D eigenvalue weighted by molar-refractivity contribution is -0.144. The van der Waals surface area contributed by atoms with Crippen LogP contribution in [0, 0.1) is 17.8 Å². The quantitative estimate of drug-likeness (QED) is 0.190. The van der Waals surface area contributed by atoms with Crippen LogP contribution in [0.25, 0.3) is 11.3 Å². The number of phenolic OH excluding ortho intramolecular Hbond substituents is 1. The van der Waals surface area contributed by atoms with Crippen LogP contribution in [0.5, 0.6) is 5.75 Å². The van der Waals surface area contributed by atoms with E-state index >= 15 is 0 Å². The fraction of sp³-hybridized carbons (Fsp3) is 0.553. The number of piperazine rings is 1. The van der Waals surface area contributed by atoms with Gasteiger partial charge in [-0.15, -0.1) is 16.6 Å². The molecule has 0 radical (unpaired) electrons. The summed E-state index contributed by atoms with van der Waals surface area (Å²) in [5.74, 6) is 2.66. The summed E-state index contributed by atoms with van der Waals surface area (Å²) >= 11 is 0. The Labute approximate surface area is 365 Å². The van der Waals surface area contributed by atoms with Crippen molar-refractivity contribution in [2.24, 2.45) is 5.41 Å². The zero-order chi connectivity index (χ0) is 43.5. The fourth-order valence-corrected chi connectivity index (χ4v) is 10.1. The van der Waals surface area contributed by atoms with E-state index < -0.39 is 23.6 Å². The van der Waals surface area contributed by atoms with E-state index in [1.807, 2.05) is 63.2 Å². The van der Waals surface area contributed by atoms with Crippen molar-refractivity contribution in [2.45, 2.75) is 95.7 Å². The van der Waals surface area contributed by atoms with E-state index in [0.29, 0.717) is 29.4 Å². The summed E-state index contributed by atoms with van der Waals surface area (Å²) in [6.45, 7) is 13.7. The van der Waals surface area contributed by atoms with E-state index in [1.54, 1.807) is 6.07 Å². The zero-order valence-electron chi connectivity index (χ0n) is 36.3. The Morgan fingerprint density at radius 2 is 1.61 bits per heavy atom. The normalized spacial score (nSPS) is 23.4. The Balaban J connectivity index is 0.783. The van der Waals surface area contributed by atoms with Gasteiger partial charge in [0.15, 0.2) is 5.82 Å². The molecular formula is C47H62N10O5. The number of para-hydroxylation sites is 1. The van der Waals surface area contributed by atoms with E-state index in [9.17, 15) is 24.6 Å². The van der Waals surface area contributed by atoms with Crippen LogP contribution in [0.3, 0.4) is 0 Å². The van der Waals surface area contributed by atoms with Crippen molar-refractivity contribution in [3.8, 4) is 29.4 Å². The molecule has 15 heteroatoms. The number of nitrogens with one attached hydrogen (secondary N) is 3. The third-order valence-corrected chi connectivity index (χ3v) is 13.6. The number of phenols is 1. The molecule has 2 aromatic carbocycles. The minimum absolute atomic E-state index is 0.0320. The van der Waals surface area contributed by atoms with Crippen LogP contribution in [0.15, 0.2) is 54.6 Å². The molecule has 15 nitrogen and oxygen atoms in total. The number of hydrogen-bond acceptors (Lipinski definition) is 12. The van der Waals surface area contributed by atoms with E-state index in [4.69, 9.17) is 6.42 Å². The van der Waals surface area contributed by atoms with Crippen LogP contribution in [-0.4, -0.2) is 159 Å². The van der Waals surface area contributed by atoms with Gasteiger partial charge < -0.3 is 40.9 Å². The van der Waals surface area contributed by atoms with Crippen LogP contribution in [0.4, 0.5) is 11.5 Å². The minimum Gasteiger partial charge on any atom is -0.507 e. The molecule has 0 unspecified atom stereocenters. The van der Waals surface area contributed by atoms with Crippen LogP contribution in [0.2, 0.25) is 0 Å². The molecule has 0 aliphatic carbocycles. The standard InChI is InChI=1S/C47H62N10O5/c1-5-31-10-12-32(13-11-31)26-49-45(61)40-24-36(58)29-57(40)46(62)43(47(2,3)4)50-42(60)30-53-18-14-33(15-19-53)54-20-16-34(17-21-54)55-22-23-56-35(28-55)27-48-44-39(56)25-38(51-52-44)37-8-6-7-9-41(37)59/h1,6-13,25,33-36,40,43,58-59H,14-24,26-30H2,2-4H3,(H,48,52)(H,49,61)(H,50,60)/t35-,36+,40-,43+/m0/s1. The Bertz CT molecular complexity index is 2120. The molecule has 4 saturated heterocycles. The van der Waals surface area contributed by atoms with Crippen molar-refractivity contribution >= 4 is 29.2 Å². The Kier molecular flexibility index (Phi) is 13.0. The number of benzene rings is 2. The number of amides is 3. The second-order valence-corrected chi connectivity index (χ2v) is 18.8. The third kappa shape index (κ3) is 9.68. The molecular weight excluding hydrogens is 785 g/mol. The first-order valence-electron chi connectivity index (χ1n) is 22.3. The number of rotatable bonds is 10. The number of likely N-dealkylation sites (tertiary alicyclic amines) is 3. The van der Waals surface area contributed by atoms with E-state index in [1.165, 1.54) is 4.90 Å². The molecule has 330 valence electrons. The highest BCUT2D eigenvalue weighted by atomic mass is 16.3. The van der Waals surface area contributed by atoms with Crippen molar-refractivity contribution in [3.05, 3.63) is 65.7 Å². The number of aromatic nitrogens is 2. The van der Waals surface area contributed by atoms with Crippen molar-refractivity contribution in [3.63, 3.8) is 0 Å². The van der Waals surface area contributed by atoms with Crippen molar-refractivity contribution in [1.82, 2.24) is 40.4 Å². The number of carbonyl (C=O) groups is 3. The van der Waals surface area contributed by atoms with Gasteiger partial charge in [-0.05, 0) is 80.1 Å². The van der Waals surface area contributed by atoms with Crippen LogP contribution in [0.1, 0.15) is 64.0 Å². The molecule has 3 amide bonds. The summed E-state index contributed by atoms with van der Waals surface area (Å²) in [7, 11) is 0. The molecule has 4 atom stereocenters. The van der Waals surface area contributed by atoms with Gasteiger partial charge in [0.1, 0.15) is 17.8 Å². The fourth-order valence-electron chi connectivity index (χ4n) is 10.1. The lowest BCUT2D eigenvalue weighted by Gasteiger charge is -2.50. The summed E-state index contributed by atoms with van der Waals surface area (Å²) in [6.07, 6.45) is 9.03. The van der Waals surface area contributed by atoms with Gasteiger partial charge in [-0.1, -0.05) is 51.0 Å². The average molecular weight is 847 g/mol. The smallest absolute Gasteiger partial charge is 0.246 e. The van der Waals surface area contributed by atoms with Gasteiger partial charge in [-0.3, -0.25) is 24.2 Å². The van der Waals surface area contributed by atoms with Gasteiger partial charge in [0.2, 0.25) is 17.7 Å². The molecule has 8 rings (SSSR count). The SMILES string of the molecule is C#Cc1ccc(CNC(=O)[C@@H]2C[C@@H](O)CN2C(=O)[C@@H](NC(=O)CN2CCC(N3CCC(N4CCN5c6cc(-c7ccccc7O)nnc6NC[C@H]5C4)CC3)CC2)C(C)(C)C)cc1. The predicted molar refractivity (Wildman–Crippen MR) is 238 cm³/mol. The lowest BCUT2D eigenvalue weighted by atomic mass is 9.85. The maximum Gasteiger partial charge on any atom is 0.246 e. The topological polar surface area (TPSA) is 170 Å². The van der Waals surface area contributed by atoms with Gasteiger partial charge in [0.25, 0.3) is 0 Å². The number of terminal acetylenes is 1. The molecule has 6 heterocycles. The predicted octanol–water partition coefficient (Wildman–Crippen LogP) is 2.48. The van der Waals surface area contributed by atoms with Crippen molar-refractivity contribution in [1.29, 1.82) is 0 Å². The highest BCUT2D eigenvalue weighted by molar-refractivity contribution is 5.93. The Morgan fingerprint density at radius 3 is 2.32 bits per heavy atom. The first kappa shape index (κ1) is 43.4. The highest BCUT2D eigenvalue weighted by Crippen LogP contribution is 2.37.